The molecule has 1 saturated heterocycles. The SMILES string of the molecule is O=C1C=CC2(CC1)CCC(C(=O)OCc1ccccc1)NC2. The number of rotatable bonds is 3. The molecule has 3 rings (SSSR count). The number of piperidine rings is 1. The summed E-state index contributed by atoms with van der Waals surface area (Å²) in [6.45, 7) is 1.05. The minimum absolute atomic E-state index is 0.0458. The van der Waals surface area contributed by atoms with Crippen LogP contribution < -0.4 is 5.32 Å². The average molecular weight is 299 g/mol. The molecular formula is C18H21NO3. The molecule has 0 aromatic heterocycles. The summed E-state index contributed by atoms with van der Waals surface area (Å²) in [4.78, 5) is 23.4. The van der Waals surface area contributed by atoms with E-state index in [2.05, 4.69) is 5.32 Å². The molecule has 2 unspecified atom stereocenters. The molecule has 0 amide bonds. The fourth-order valence-corrected chi connectivity index (χ4v) is 3.14. The van der Waals surface area contributed by atoms with Gasteiger partial charge in [-0.25, -0.2) is 0 Å². The average Bonchev–Trinajstić information content (AvgIpc) is 2.57. The zero-order valence-corrected chi connectivity index (χ0v) is 12.6. The third-order valence-corrected chi connectivity index (χ3v) is 4.63. The van der Waals surface area contributed by atoms with Crippen molar-refractivity contribution in [3.8, 4) is 0 Å². The van der Waals surface area contributed by atoms with Crippen LogP contribution in [0.4, 0.5) is 0 Å². The molecule has 4 heteroatoms. The molecule has 116 valence electrons. The van der Waals surface area contributed by atoms with Gasteiger partial charge in [-0.2, -0.15) is 0 Å². The van der Waals surface area contributed by atoms with Crippen molar-refractivity contribution in [2.45, 2.75) is 38.3 Å². The molecule has 22 heavy (non-hydrogen) atoms. The van der Waals surface area contributed by atoms with Gasteiger partial charge in [0.1, 0.15) is 12.6 Å². The Hall–Kier alpha value is -1.94. The summed E-state index contributed by atoms with van der Waals surface area (Å²) >= 11 is 0. The number of esters is 1. The maximum atomic E-state index is 12.1. The number of benzene rings is 1. The van der Waals surface area contributed by atoms with Crippen LogP contribution in [0.3, 0.4) is 0 Å². The molecule has 1 heterocycles. The van der Waals surface area contributed by atoms with E-state index >= 15 is 0 Å². The molecular weight excluding hydrogens is 278 g/mol. The Labute approximate surface area is 130 Å². The molecule has 1 aliphatic carbocycles. The predicted molar refractivity (Wildman–Crippen MR) is 83.1 cm³/mol. The van der Waals surface area contributed by atoms with E-state index in [-0.39, 0.29) is 23.2 Å². The van der Waals surface area contributed by atoms with Gasteiger partial charge in [-0.05, 0) is 30.9 Å². The van der Waals surface area contributed by atoms with Crippen molar-refractivity contribution >= 4 is 11.8 Å². The van der Waals surface area contributed by atoms with E-state index in [9.17, 15) is 9.59 Å². The second kappa shape index (κ2) is 6.44. The summed E-state index contributed by atoms with van der Waals surface area (Å²) in [6, 6.07) is 9.46. The van der Waals surface area contributed by atoms with Gasteiger partial charge >= 0.3 is 5.97 Å². The lowest BCUT2D eigenvalue weighted by Gasteiger charge is -2.39. The van der Waals surface area contributed by atoms with Crippen molar-refractivity contribution in [1.29, 1.82) is 0 Å². The fourth-order valence-electron chi connectivity index (χ4n) is 3.14. The number of allylic oxidation sites excluding steroid dienone is 1. The van der Waals surface area contributed by atoms with Crippen LogP contribution >= 0.6 is 0 Å². The Morgan fingerprint density at radius 1 is 1.27 bits per heavy atom. The van der Waals surface area contributed by atoms with Gasteiger partial charge in [-0.1, -0.05) is 36.4 Å². The summed E-state index contributed by atoms with van der Waals surface area (Å²) in [5.41, 5.74) is 1.04. The zero-order chi connectivity index (χ0) is 15.4. The molecule has 2 aliphatic rings. The summed E-state index contributed by atoms with van der Waals surface area (Å²) in [5, 5.41) is 3.29. The van der Waals surface area contributed by atoms with Crippen LogP contribution in [-0.4, -0.2) is 24.3 Å². The number of carbonyl (C=O) groups excluding carboxylic acids is 2. The van der Waals surface area contributed by atoms with Crippen LogP contribution in [0.2, 0.25) is 0 Å². The minimum atomic E-state index is -0.236. The lowest BCUT2D eigenvalue weighted by atomic mass is 9.72. The van der Waals surface area contributed by atoms with Gasteiger partial charge in [0.25, 0.3) is 0 Å². The van der Waals surface area contributed by atoms with Gasteiger partial charge < -0.3 is 10.1 Å². The highest BCUT2D eigenvalue weighted by Gasteiger charge is 2.37. The minimum Gasteiger partial charge on any atom is -0.460 e. The summed E-state index contributed by atoms with van der Waals surface area (Å²) < 4.78 is 5.39. The molecule has 0 bridgehead atoms. The molecule has 1 aromatic rings. The number of hydrogen-bond acceptors (Lipinski definition) is 4. The smallest absolute Gasteiger partial charge is 0.323 e. The second-order valence-corrected chi connectivity index (χ2v) is 6.23. The maximum absolute atomic E-state index is 12.1. The Morgan fingerprint density at radius 2 is 2.09 bits per heavy atom. The summed E-state index contributed by atoms with van der Waals surface area (Å²) in [7, 11) is 0. The van der Waals surface area contributed by atoms with Crippen molar-refractivity contribution in [2.75, 3.05) is 6.54 Å². The highest BCUT2D eigenvalue weighted by molar-refractivity contribution is 5.90. The van der Waals surface area contributed by atoms with Crippen LogP contribution in [-0.2, 0) is 20.9 Å². The van der Waals surface area contributed by atoms with Gasteiger partial charge in [0.2, 0.25) is 0 Å². The molecule has 0 radical (unpaired) electrons. The lowest BCUT2D eigenvalue weighted by Crippen LogP contribution is -2.49. The quantitative estimate of drug-likeness (QED) is 0.871. The van der Waals surface area contributed by atoms with Crippen molar-refractivity contribution in [1.82, 2.24) is 5.32 Å². The normalized spacial score (nSPS) is 27.8. The standard InChI is InChI=1S/C18H21NO3/c20-15-6-9-18(10-7-15)11-8-16(19-13-18)17(21)22-12-14-4-2-1-3-5-14/h1-6,9,16,19H,7-8,10-13H2. The van der Waals surface area contributed by atoms with E-state index < -0.39 is 0 Å². The number of ether oxygens (including phenoxy) is 1. The van der Waals surface area contributed by atoms with Crippen LogP contribution in [0.5, 0.6) is 0 Å². The van der Waals surface area contributed by atoms with Crippen LogP contribution in [0.25, 0.3) is 0 Å². The maximum Gasteiger partial charge on any atom is 0.323 e. The Kier molecular flexibility index (Phi) is 4.39. The third-order valence-electron chi connectivity index (χ3n) is 4.63. The second-order valence-electron chi connectivity index (χ2n) is 6.23. The van der Waals surface area contributed by atoms with E-state index in [4.69, 9.17) is 4.74 Å². The number of nitrogens with one attached hydrogen (secondary N) is 1. The zero-order valence-electron chi connectivity index (χ0n) is 12.6. The summed E-state index contributed by atoms with van der Waals surface area (Å²) in [6.07, 6.45) is 6.89. The third kappa shape index (κ3) is 3.45. The molecule has 1 N–H and O–H groups in total. The van der Waals surface area contributed by atoms with Gasteiger partial charge in [0, 0.05) is 18.4 Å². The molecule has 4 nitrogen and oxygen atoms in total. The molecule has 1 aliphatic heterocycles. The Morgan fingerprint density at radius 3 is 2.73 bits per heavy atom. The number of hydrogen-bond donors (Lipinski definition) is 1. The molecule has 1 aromatic carbocycles. The monoisotopic (exact) mass is 299 g/mol. The van der Waals surface area contributed by atoms with Crippen LogP contribution in [0.15, 0.2) is 42.5 Å². The van der Waals surface area contributed by atoms with Crippen LogP contribution in [0, 0.1) is 5.41 Å². The number of ketones is 1. The van der Waals surface area contributed by atoms with Gasteiger partial charge in [-0.3, -0.25) is 9.59 Å². The van der Waals surface area contributed by atoms with E-state index in [1.165, 1.54) is 0 Å². The van der Waals surface area contributed by atoms with Gasteiger partial charge in [0.15, 0.2) is 5.78 Å². The lowest BCUT2D eigenvalue weighted by molar-refractivity contribution is -0.148. The van der Waals surface area contributed by atoms with E-state index in [0.717, 1.165) is 31.4 Å². The Balaban J connectivity index is 1.50. The highest BCUT2D eigenvalue weighted by Crippen LogP contribution is 2.37. The van der Waals surface area contributed by atoms with Gasteiger partial charge in [0.05, 0.1) is 0 Å². The number of carbonyl (C=O) groups is 2. The van der Waals surface area contributed by atoms with Gasteiger partial charge in [-0.15, -0.1) is 0 Å². The van der Waals surface area contributed by atoms with Crippen molar-refractivity contribution in [3.05, 3.63) is 48.0 Å². The highest BCUT2D eigenvalue weighted by atomic mass is 16.5. The van der Waals surface area contributed by atoms with Crippen molar-refractivity contribution < 1.29 is 14.3 Å². The first-order valence-corrected chi connectivity index (χ1v) is 7.83. The van der Waals surface area contributed by atoms with E-state index in [0.29, 0.717) is 13.0 Å². The molecule has 2 atom stereocenters. The molecule has 1 spiro atoms. The topological polar surface area (TPSA) is 55.4 Å². The first-order valence-electron chi connectivity index (χ1n) is 7.83. The first kappa shape index (κ1) is 15.0. The summed E-state index contributed by atoms with van der Waals surface area (Å²) in [5.74, 6) is 0.0181. The Bertz CT molecular complexity index is 571. The predicted octanol–water partition coefficient (Wildman–Crippen LogP) is 2.39. The van der Waals surface area contributed by atoms with E-state index in [1.807, 2.05) is 36.4 Å². The fraction of sp³-hybridized carbons (Fsp3) is 0.444. The van der Waals surface area contributed by atoms with Crippen LogP contribution in [0.1, 0.15) is 31.2 Å². The van der Waals surface area contributed by atoms with Crippen molar-refractivity contribution in [3.63, 3.8) is 0 Å². The van der Waals surface area contributed by atoms with E-state index in [1.54, 1.807) is 6.08 Å². The van der Waals surface area contributed by atoms with Crippen molar-refractivity contribution in [2.24, 2.45) is 5.41 Å². The largest absolute Gasteiger partial charge is 0.460 e. The molecule has 0 saturated carbocycles. The first-order chi connectivity index (χ1) is 10.7. The molecule has 1 fully saturated rings.